The van der Waals surface area contributed by atoms with Gasteiger partial charge < -0.3 is 9.13 Å². The predicted molar refractivity (Wildman–Crippen MR) is 155 cm³/mol. The molecule has 176 valence electrons. The van der Waals surface area contributed by atoms with Gasteiger partial charge in [0.15, 0.2) is 0 Å². The molecule has 5 aromatic carbocycles. The summed E-state index contributed by atoms with van der Waals surface area (Å²) in [6.07, 6.45) is 0. The van der Waals surface area contributed by atoms with Gasteiger partial charge in [-0.25, -0.2) is 0 Å². The van der Waals surface area contributed by atoms with Crippen LogP contribution in [0.25, 0.3) is 54.6 Å². The average molecular weight is 495 g/mol. The Morgan fingerprint density at radius 1 is 0.486 bits per heavy atom. The van der Waals surface area contributed by atoms with E-state index in [0.717, 1.165) is 24.1 Å². The molecule has 0 radical (unpaired) electrons. The second-order valence-corrected chi connectivity index (χ2v) is 10.1. The maximum Gasteiger partial charge on any atom is 0.115 e. The van der Waals surface area contributed by atoms with Crippen molar-refractivity contribution in [2.24, 2.45) is 0 Å². The van der Waals surface area contributed by atoms with Gasteiger partial charge in [-0.15, -0.1) is 0 Å². The van der Waals surface area contributed by atoms with Gasteiger partial charge in [-0.3, -0.25) is 0 Å². The van der Waals surface area contributed by atoms with Crippen molar-refractivity contribution < 1.29 is 0 Å². The van der Waals surface area contributed by atoms with Gasteiger partial charge in [-0.05, 0) is 23.3 Å². The van der Waals surface area contributed by atoms with Crippen molar-refractivity contribution >= 4 is 66.4 Å². The first-order chi connectivity index (χ1) is 18.4. The van der Waals surface area contributed by atoms with Crippen LogP contribution < -0.4 is 0 Å². The fourth-order valence-corrected chi connectivity index (χ4v) is 6.52. The maximum absolute atomic E-state index is 4.88. The van der Waals surface area contributed by atoms with E-state index in [1.54, 1.807) is 0 Å². The first-order valence-electron chi connectivity index (χ1n) is 12.5. The molecule has 0 unspecified atom stereocenters. The van der Waals surface area contributed by atoms with Crippen molar-refractivity contribution in [3.63, 3.8) is 0 Å². The third-order valence-electron chi connectivity index (χ3n) is 7.50. The fraction of sp³-hybridized carbons (Fsp3) is 0.0625. The summed E-state index contributed by atoms with van der Waals surface area (Å²) >= 11 is 1.31. The standard InChI is InChI=1S/C32H22N4S/c1-3-11-21(12-4-1)19-35-25-17-9-7-15-23(25)27-29-30(34-37-33-29)28-24-16-8-10-18-26(24)36(32(28)31(27)35)20-22-13-5-2-6-14-22/h1-18H,19-20H2. The minimum absolute atomic E-state index is 0.788. The van der Waals surface area contributed by atoms with Crippen molar-refractivity contribution in [3.05, 3.63) is 120 Å². The fourth-order valence-electron chi connectivity index (χ4n) is 5.96. The molecule has 3 aromatic heterocycles. The highest BCUT2D eigenvalue weighted by Crippen LogP contribution is 2.44. The molecule has 0 spiro atoms. The number of fused-ring (bicyclic) bond motifs is 10. The molecule has 8 rings (SSSR count). The molecule has 0 atom stereocenters. The van der Waals surface area contributed by atoms with Crippen molar-refractivity contribution in [1.82, 2.24) is 17.9 Å². The zero-order valence-electron chi connectivity index (χ0n) is 20.0. The van der Waals surface area contributed by atoms with E-state index in [2.05, 4.69) is 118 Å². The van der Waals surface area contributed by atoms with E-state index < -0.39 is 0 Å². The maximum atomic E-state index is 4.88. The van der Waals surface area contributed by atoms with Crippen LogP contribution in [-0.2, 0) is 13.1 Å². The highest BCUT2D eigenvalue weighted by atomic mass is 32.1. The quantitative estimate of drug-likeness (QED) is 0.248. The van der Waals surface area contributed by atoms with E-state index in [1.165, 1.54) is 66.5 Å². The van der Waals surface area contributed by atoms with E-state index in [0.29, 0.717) is 0 Å². The van der Waals surface area contributed by atoms with Crippen LogP contribution in [0.2, 0.25) is 0 Å². The SMILES string of the molecule is c1ccc(Cn2c3ccccc3c3c4nsnc4c4c5ccccc5n(Cc5ccccc5)c4c32)cc1. The van der Waals surface area contributed by atoms with Crippen molar-refractivity contribution in [1.29, 1.82) is 0 Å². The predicted octanol–water partition coefficient (Wildman–Crippen LogP) is 8.00. The summed E-state index contributed by atoms with van der Waals surface area (Å²) in [5.41, 5.74) is 9.46. The van der Waals surface area contributed by atoms with Crippen molar-refractivity contribution in [3.8, 4) is 0 Å². The lowest BCUT2D eigenvalue weighted by Crippen LogP contribution is -2.04. The minimum Gasteiger partial charge on any atom is -0.334 e. The Morgan fingerprint density at radius 2 is 0.892 bits per heavy atom. The first-order valence-corrected chi connectivity index (χ1v) is 13.3. The van der Waals surface area contributed by atoms with Crippen LogP contribution in [0.15, 0.2) is 109 Å². The third-order valence-corrected chi connectivity index (χ3v) is 8.02. The van der Waals surface area contributed by atoms with Crippen molar-refractivity contribution in [2.75, 3.05) is 0 Å². The number of hydrogen-bond donors (Lipinski definition) is 0. The summed E-state index contributed by atoms with van der Waals surface area (Å²) in [5, 5.41) is 4.84. The van der Waals surface area contributed by atoms with E-state index in [-0.39, 0.29) is 0 Å². The van der Waals surface area contributed by atoms with Crippen LogP contribution in [0, 0.1) is 0 Å². The van der Waals surface area contributed by atoms with Gasteiger partial charge in [0.25, 0.3) is 0 Å². The van der Waals surface area contributed by atoms with Gasteiger partial charge in [-0.1, -0.05) is 97.1 Å². The number of aromatic nitrogens is 4. The van der Waals surface area contributed by atoms with Crippen LogP contribution in [0.1, 0.15) is 11.1 Å². The largest absolute Gasteiger partial charge is 0.334 e. The molecule has 4 nitrogen and oxygen atoms in total. The summed E-state index contributed by atoms with van der Waals surface area (Å²) in [6.45, 7) is 1.58. The highest BCUT2D eigenvalue weighted by Gasteiger charge is 2.25. The lowest BCUT2D eigenvalue weighted by molar-refractivity contribution is 0.849. The molecule has 0 fully saturated rings. The molecule has 0 aliphatic carbocycles. The van der Waals surface area contributed by atoms with Crippen LogP contribution in [-0.4, -0.2) is 17.9 Å². The van der Waals surface area contributed by atoms with Gasteiger partial charge in [0.05, 0.1) is 22.8 Å². The number of para-hydroxylation sites is 2. The molecule has 37 heavy (non-hydrogen) atoms. The summed E-state index contributed by atoms with van der Waals surface area (Å²) < 4.78 is 14.7. The van der Waals surface area contributed by atoms with Gasteiger partial charge in [0.1, 0.15) is 11.0 Å². The molecule has 0 N–H and O–H groups in total. The molecular formula is C32H22N4S. The third kappa shape index (κ3) is 3.01. The molecule has 0 aliphatic heterocycles. The summed E-state index contributed by atoms with van der Waals surface area (Å²) in [5.74, 6) is 0. The topological polar surface area (TPSA) is 35.6 Å². The Hall–Kier alpha value is -4.48. The normalized spacial score (nSPS) is 12.0. The van der Waals surface area contributed by atoms with E-state index in [1.807, 2.05) is 0 Å². The molecular weight excluding hydrogens is 472 g/mol. The summed E-state index contributed by atoms with van der Waals surface area (Å²) in [7, 11) is 0. The van der Waals surface area contributed by atoms with E-state index in [4.69, 9.17) is 8.75 Å². The molecule has 0 amide bonds. The first kappa shape index (κ1) is 20.7. The van der Waals surface area contributed by atoms with Crippen LogP contribution >= 0.6 is 11.7 Å². The van der Waals surface area contributed by atoms with E-state index in [9.17, 15) is 0 Å². The Kier molecular flexibility index (Phi) is 4.48. The summed E-state index contributed by atoms with van der Waals surface area (Å²) in [4.78, 5) is 0. The molecule has 3 heterocycles. The molecule has 5 heteroatoms. The van der Waals surface area contributed by atoms with Crippen LogP contribution in [0.3, 0.4) is 0 Å². The smallest absolute Gasteiger partial charge is 0.115 e. The Balaban J connectivity index is 1.61. The van der Waals surface area contributed by atoms with E-state index >= 15 is 0 Å². The lowest BCUT2D eigenvalue weighted by atomic mass is 10.1. The average Bonchev–Trinajstić information content (AvgIpc) is 3.64. The molecule has 0 saturated carbocycles. The van der Waals surface area contributed by atoms with Crippen LogP contribution in [0.5, 0.6) is 0 Å². The van der Waals surface area contributed by atoms with Crippen molar-refractivity contribution in [2.45, 2.75) is 13.1 Å². The minimum atomic E-state index is 0.788. The lowest BCUT2D eigenvalue weighted by Gasteiger charge is -2.13. The zero-order valence-corrected chi connectivity index (χ0v) is 20.8. The molecule has 0 bridgehead atoms. The monoisotopic (exact) mass is 494 g/mol. The van der Waals surface area contributed by atoms with Gasteiger partial charge in [-0.2, -0.15) is 8.75 Å². The second-order valence-electron chi connectivity index (χ2n) is 9.59. The number of benzene rings is 5. The van der Waals surface area contributed by atoms with Crippen LogP contribution in [0.4, 0.5) is 0 Å². The number of nitrogens with zero attached hydrogens (tertiary/aromatic N) is 4. The highest BCUT2D eigenvalue weighted by molar-refractivity contribution is 7.00. The Bertz CT molecular complexity index is 1930. The molecule has 8 aromatic rings. The Morgan fingerprint density at radius 3 is 1.35 bits per heavy atom. The second kappa shape index (κ2) is 8.02. The van der Waals surface area contributed by atoms with Gasteiger partial charge in [0, 0.05) is 45.7 Å². The van der Waals surface area contributed by atoms with Gasteiger partial charge >= 0.3 is 0 Å². The Labute approximate surface area is 217 Å². The molecule has 0 saturated heterocycles. The number of hydrogen-bond acceptors (Lipinski definition) is 3. The van der Waals surface area contributed by atoms with Gasteiger partial charge in [0.2, 0.25) is 0 Å². The molecule has 0 aliphatic rings. The summed E-state index contributed by atoms with van der Waals surface area (Å²) in [6, 6.07) is 38.9. The number of rotatable bonds is 4. The zero-order chi connectivity index (χ0) is 24.3.